The number of aliphatic hydroxyl groups is 4. The van der Waals surface area contributed by atoms with Gasteiger partial charge < -0.3 is 20.4 Å². The van der Waals surface area contributed by atoms with Crippen LogP contribution < -0.4 is 0 Å². The fourth-order valence-electron chi connectivity index (χ4n) is 7.07. The van der Waals surface area contributed by atoms with Crippen molar-refractivity contribution in [2.24, 2.45) is 34.0 Å². The van der Waals surface area contributed by atoms with Gasteiger partial charge in [-0.2, -0.15) is 0 Å². The fraction of sp³-hybridized carbons (Fsp3) is 0.762. The van der Waals surface area contributed by atoms with Crippen molar-refractivity contribution in [2.45, 2.75) is 58.8 Å². The zero-order valence-corrected chi connectivity index (χ0v) is 16.2. The predicted molar refractivity (Wildman–Crippen MR) is 96.0 cm³/mol. The predicted octanol–water partition coefficient (Wildman–Crippen LogP) is 1.21. The maximum Gasteiger partial charge on any atom is 0.156 e. The first-order valence-corrected chi connectivity index (χ1v) is 9.56. The van der Waals surface area contributed by atoms with Gasteiger partial charge in [-0.15, -0.1) is 0 Å². The first-order valence-electron chi connectivity index (χ1n) is 9.56. The quantitative estimate of drug-likeness (QED) is 0.526. The molecule has 1 spiro atoms. The Hall–Kier alpha value is -1.01. The molecule has 0 heterocycles. The average Bonchev–Trinajstić information content (AvgIpc) is 3.08. The Kier molecular flexibility index (Phi) is 3.44. The number of fused-ring (bicyclic) bond motifs is 3. The monoisotopic (exact) mass is 362 g/mol. The first kappa shape index (κ1) is 18.4. The van der Waals surface area contributed by atoms with E-state index in [0.717, 1.165) is 6.42 Å². The van der Waals surface area contributed by atoms with Gasteiger partial charge >= 0.3 is 0 Å². The van der Waals surface area contributed by atoms with E-state index < -0.39 is 35.2 Å². The van der Waals surface area contributed by atoms with Crippen LogP contribution in [0.3, 0.4) is 0 Å². The summed E-state index contributed by atoms with van der Waals surface area (Å²) in [4.78, 5) is 14.1. The van der Waals surface area contributed by atoms with E-state index in [1.54, 1.807) is 19.1 Å². The molecule has 2 fully saturated rings. The molecule has 4 aliphatic rings. The third kappa shape index (κ3) is 1.65. The van der Waals surface area contributed by atoms with E-state index in [2.05, 4.69) is 13.8 Å². The Balaban J connectivity index is 2.06. The number of carbonyl (C=O) groups excluding carboxylic acids is 1. The van der Waals surface area contributed by atoms with Gasteiger partial charge in [-0.3, -0.25) is 4.79 Å². The van der Waals surface area contributed by atoms with Crippen LogP contribution in [-0.2, 0) is 4.79 Å². The molecule has 144 valence electrons. The maximum absolute atomic E-state index is 14.1. The lowest BCUT2D eigenvalue weighted by Gasteiger charge is -2.49. The van der Waals surface area contributed by atoms with Crippen molar-refractivity contribution in [3.63, 3.8) is 0 Å². The Morgan fingerprint density at radius 2 is 1.77 bits per heavy atom. The largest absolute Gasteiger partial charge is 0.392 e. The number of ketones is 1. The summed E-state index contributed by atoms with van der Waals surface area (Å²) in [7, 11) is 0. The molecule has 5 nitrogen and oxygen atoms in total. The fourth-order valence-corrected chi connectivity index (χ4v) is 7.07. The third-order valence-electron chi connectivity index (χ3n) is 8.35. The highest BCUT2D eigenvalue weighted by Gasteiger charge is 2.78. The van der Waals surface area contributed by atoms with Crippen LogP contribution in [-0.4, -0.2) is 50.6 Å². The van der Waals surface area contributed by atoms with Crippen molar-refractivity contribution in [3.8, 4) is 0 Å². The van der Waals surface area contributed by atoms with Crippen molar-refractivity contribution in [3.05, 3.63) is 23.3 Å². The van der Waals surface area contributed by atoms with Crippen LogP contribution in [0.25, 0.3) is 0 Å². The molecule has 2 unspecified atom stereocenters. The second-order valence-electron chi connectivity index (χ2n) is 9.92. The van der Waals surface area contributed by atoms with Crippen LogP contribution in [0.2, 0.25) is 0 Å². The number of allylic oxidation sites excluding steroid dienone is 1. The van der Waals surface area contributed by atoms with Gasteiger partial charge in [0.15, 0.2) is 5.78 Å². The summed E-state index contributed by atoms with van der Waals surface area (Å²) < 4.78 is 0. The van der Waals surface area contributed by atoms with Crippen LogP contribution in [0.4, 0.5) is 0 Å². The van der Waals surface area contributed by atoms with Crippen molar-refractivity contribution in [1.82, 2.24) is 0 Å². The zero-order valence-electron chi connectivity index (χ0n) is 16.2. The van der Waals surface area contributed by atoms with Gasteiger partial charge in [-0.05, 0) is 54.6 Å². The van der Waals surface area contributed by atoms with Gasteiger partial charge in [0.1, 0.15) is 17.8 Å². The molecule has 0 saturated heterocycles. The zero-order chi connectivity index (χ0) is 19.4. The molecule has 26 heavy (non-hydrogen) atoms. The molecule has 0 aromatic heterocycles. The van der Waals surface area contributed by atoms with Gasteiger partial charge in [-0.1, -0.05) is 32.9 Å². The van der Waals surface area contributed by atoms with Gasteiger partial charge in [0.25, 0.3) is 0 Å². The van der Waals surface area contributed by atoms with E-state index in [0.29, 0.717) is 11.5 Å². The van der Waals surface area contributed by atoms with Crippen molar-refractivity contribution in [1.29, 1.82) is 0 Å². The Morgan fingerprint density at radius 1 is 1.15 bits per heavy atom. The summed E-state index contributed by atoms with van der Waals surface area (Å²) in [6.45, 7) is 9.38. The molecule has 0 amide bonds. The summed E-state index contributed by atoms with van der Waals surface area (Å²) >= 11 is 0. The summed E-state index contributed by atoms with van der Waals surface area (Å²) in [5, 5.41) is 43.5. The number of carbonyl (C=O) groups is 1. The van der Waals surface area contributed by atoms with Gasteiger partial charge in [0.2, 0.25) is 0 Å². The highest BCUT2D eigenvalue weighted by Crippen LogP contribution is 2.75. The molecule has 4 N–H and O–H groups in total. The topological polar surface area (TPSA) is 98.0 Å². The van der Waals surface area contributed by atoms with Gasteiger partial charge in [0.05, 0.1) is 12.0 Å². The highest BCUT2D eigenvalue weighted by atomic mass is 16.4. The van der Waals surface area contributed by atoms with Crippen LogP contribution in [0.15, 0.2) is 23.3 Å². The average molecular weight is 362 g/mol. The van der Waals surface area contributed by atoms with Crippen molar-refractivity contribution in [2.75, 3.05) is 6.61 Å². The lowest BCUT2D eigenvalue weighted by Crippen LogP contribution is -2.65. The number of rotatable bonds is 1. The molecule has 2 bridgehead atoms. The minimum absolute atomic E-state index is 0.0132. The normalized spacial score (nSPS) is 54.5. The van der Waals surface area contributed by atoms with Crippen LogP contribution >= 0.6 is 0 Å². The summed E-state index contributed by atoms with van der Waals surface area (Å²) in [5.41, 5.74) is -3.60. The molecular weight excluding hydrogens is 332 g/mol. The molecule has 4 aliphatic carbocycles. The third-order valence-corrected chi connectivity index (χ3v) is 8.35. The lowest BCUT2D eigenvalue weighted by atomic mass is 9.57. The SMILES string of the molecule is CC1=C[C@]23C(=O)[C@](C)(C=C(CO)[C@@H](O)[C@]2(O)[C@H]1O)C1C(C[C@H]3C)C1(C)C. The standard InChI is InChI=1S/C21H30O5/c1-10-7-20-11(2)6-13-14(18(13,3)4)19(5,17(20)25)8-12(9-22)16(24)21(20,26)15(10)23/h7-8,11,13-16,22-24,26H,6,9H2,1-5H3/t11-,13?,14?,15+,16-,19-,20+,21-/m1/s1. The first-order chi connectivity index (χ1) is 11.9. The summed E-state index contributed by atoms with van der Waals surface area (Å²) in [6.07, 6.45) is 1.31. The molecular formula is C21H30O5. The number of aliphatic hydroxyl groups excluding tert-OH is 3. The summed E-state index contributed by atoms with van der Waals surface area (Å²) in [6, 6.07) is 0. The van der Waals surface area contributed by atoms with Crippen LogP contribution in [0, 0.1) is 34.0 Å². The minimum atomic E-state index is -2.05. The van der Waals surface area contributed by atoms with Gasteiger partial charge in [-0.25, -0.2) is 0 Å². The second-order valence-corrected chi connectivity index (χ2v) is 9.92. The molecule has 4 rings (SSSR count). The van der Waals surface area contributed by atoms with Crippen molar-refractivity contribution >= 4 is 5.78 Å². The van der Waals surface area contributed by atoms with E-state index in [1.165, 1.54) is 0 Å². The van der Waals surface area contributed by atoms with Crippen molar-refractivity contribution < 1.29 is 25.2 Å². The number of Topliss-reactive ketones (excluding diaryl/α,β-unsaturated/α-hetero) is 1. The molecule has 2 saturated carbocycles. The number of hydrogen-bond donors (Lipinski definition) is 4. The molecule has 8 atom stereocenters. The number of hydrogen-bond acceptors (Lipinski definition) is 5. The summed E-state index contributed by atoms with van der Waals surface area (Å²) in [5.74, 6) is 0.0422. The van der Waals surface area contributed by atoms with Crippen LogP contribution in [0.5, 0.6) is 0 Å². The minimum Gasteiger partial charge on any atom is -0.392 e. The maximum atomic E-state index is 14.1. The van der Waals surface area contributed by atoms with E-state index in [4.69, 9.17) is 0 Å². The Morgan fingerprint density at radius 3 is 2.35 bits per heavy atom. The Labute approximate surface area is 154 Å². The van der Waals surface area contributed by atoms with Gasteiger partial charge in [0, 0.05) is 5.41 Å². The van der Waals surface area contributed by atoms with E-state index in [9.17, 15) is 25.2 Å². The van der Waals surface area contributed by atoms with E-state index in [-0.39, 0.29) is 28.6 Å². The smallest absolute Gasteiger partial charge is 0.156 e. The van der Waals surface area contributed by atoms with E-state index in [1.807, 2.05) is 13.8 Å². The Bertz CT molecular complexity index is 752. The molecule has 5 heteroatoms. The molecule has 0 radical (unpaired) electrons. The van der Waals surface area contributed by atoms with Crippen LogP contribution in [0.1, 0.15) is 41.0 Å². The second kappa shape index (κ2) is 4.88. The highest BCUT2D eigenvalue weighted by molar-refractivity contribution is 5.98. The lowest BCUT2D eigenvalue weighted by molar-refractivity contribution is -0.192. The van der Waals surface area contributed by atoms with E-state index >= 15 is 0 Å². The molecule has 0 aliphatic heterocycles. The molecule has 0 aromatic carbocycles. The molecule has 0 aromatic rings.